The standard InChI is InChI=1S/C28H33N3O4S/c1-16-9-8-10-17(2)22(16)30-25(34)23-28-14-13-27(4,36-28)20(21(28)26(35)31(23)18(3)15-32)24(33)29-19-11-6-5-7-12-19/h5-12,18,20-21,23,32H,13-15H2,1-4H3,(H,29,33)(H,30,34)/t18-,20+,21+,23?,27-,28?/m1/s1. The van der Waals surface area contributed by atoms with Gasteiger partial charge in [-0.15, -0.1) is 11.8 Å². The number of hydrogen-bond acceptors (Lipinski definition) is 5. The van der Waals surface area contributed by atoms with E-state index in [-0.39, 0.29) is 24.3 Å². The Morgan fingerprint density at radius 2 is 1.72 bits per heavy atom. The second kappa shape index (κ2) is 8.92. The second-order valence-electron chi connectivity index (χ2n) is 10.6. The molecule has 2 aromatic carbocycles. The van der Waals surface area contributed by atoms with E-state index >= 15 is 0 Å². The number of rotatable bonds is 6. The van der Waals surface area contributed by atoms with Gasteiger partial charge in [-0.05, 0) is 63.8 Å². The highest BCUT2D eigenvalue weighted by molar-refractivity contribution is 8.02. The molecule has 36 heavy (non-hydrogen) atoms. The van der Waals surface area contributed by atoms with Crippen molar-refractivity contribution in [3.63, 3.8) is 0 Å². The van der Waals surface area contributed by atoms with Gasteiger partial charge in [-0.3, -0.25) is 14.4 Å². The summed E-state index contributed by atoms with van der Waals surface area (Å²) in [7, 11) is 0. The molecule has 2 bridgehead atoms. The predicted octanol–water partition coefficient (Wildman–Crippen LogP) is 3.74. The lowest BCUT2D eigenvalue weighted by Crippen LogP contribution is -2.54. The Hall–Kier alpha value is -2.84. The number of carbonyl (C=O) groups excluding carboxylic acids is 3. The first-order valence-electron chi connectivity index (χ1n) is 12.5. The topological polar surface area (TPSA) is 98.7 Å². The second-order valence-corrected chi connectivity index (χ2v) is 12.5. The zero-order valence-corrected chi connectivity index (χ0v) is 21.9. The van der Waals surface area contributed by atoms with Crippen LogP contribution in [0.25, 0.3) is 0 Å². The van der Waals surface area contributed by atoms with Crippen molar-refractivity contribution in [3.05, 3.63) is 59.7 Å². The molecule has 8 heteroatoms. The van der Waals surface area contributed by atoms with E-state index in [1.807, 2.05) is 69.3 Å². The lowest BCUT2D eigenvalue weighted by Gasteiger charge is -2.36. The quantitative estimate of drug-likeness (QED) is 0.553. The van der Waals surface area contributed by atoms with Crippen molar-refractivity contribution in [2.45, 2.75) is 62.1 Å². The first-order valence-corrected chi connectivity index (χ1v) is 13.3. The van der Waals surface area contributed by atoms with Crippen LogP contribution in [0.3, 0.4) is 0 Å². The molecule has 6 atom stereocenters. The summed E-state index contributed by atoms with van der Waals surface area (Å²) >= 11 is 1.62. The molecule has 3 aliphatic heterocycles. The highest BCUT2D eigenvalue weighted by Crippen LogP contribution is 2.71. The fourth-order valence-electron chi connectivity index (χ4n) is 6.57. The number of benzene rings is 2. The van der Waals surface area contributed by atoms with E-state index in [0.29, 0.717) is 12.1 Å². The van der Waals surface area contributed by atoms with Gasteiger partial charge in [0.25, 0.3) is 0 Å². The summed E-state index contributed by atoms with van der Waals surface area (Å²) in [6.45, 7) is 7.43. The van der Waals surface area contributed by atoms with Gasteiger partial charge in [-0.2, -0.15) is 0 Å². The van der Waals surface area contributed by atoms with Crippen molar-refractivity contribution in [1.29, 1.82) is 0 Å². The first kappa shape index (κ1) is 24.8. The van der Waals surface area contributed by atoms with Crippen LogP contribution >= 0.6 is 11.8 Å². The SMILES string of the molecule is Cc1cccc(C)c1NC(=O)C1N([C@H](C)CO)C(=O)[C@@H]2[C@@H](C(=O)Nc3ccccc3)[C@@]3(C)CCC12S3. The number of thioether (sulfide) groups is 1. The molecule has 2 aromatic rings. The summed E-state index contributed by atoms with van der Waals surface area (Å²) in [5.74, 6) is -1.88. The van der Waals surface area contributed by atoms with E-state index in [2.05, 4.69) is 10.6 Å². The lowest BCUT2D eigenvalue weighted by atomic mass is 9.66. The van der Waals surface area contributed by atoms with E-state index in [4.69, 9.17) is 0 Å². The number of aliphatic hydroxyl groups excluding tert-OH is 1. The Bertz CT molecular complexity index is 1200. The molecule has 0 radical (unpaired) electrons. The van der Waals surface area contributed by atoms with Crippen LogP contribution in [0, 0.1) is 25.7 Å². The highest BCUT2D eigenvalue weighted by Gasteiger charge is 2.77. The third kappa shape index (κ3) is 3.65. The molecule has 0 aliphatic carbocycles. The summed E-state index contributed by atoms with van der Waals surface area (Å²) in [6.07, 6.45) is 1.40. The Morgan fingerprint density at radius 1 is 1.06 bits per heavy atom. The minimum absolute atomic E-state index is 0.191. The van der Waals surface area contributed by atoms with Crippen LogP contribution in [-0.2, 0) is 14.4 Å². The maximum atomic E-state index is 14.0. The third-order valence-electron chi connectivity index (χ3n) is 8.26. The van der Waals surface area contributed by atoms with Crippen LogP contribution in [0.4, 0.5) is 11.4 Å². The van der Waals surface area contributed by atoms with Crippen molar-refractivity contribution in [3.8, 4) is 0 Å². The molecule has 0 saturated carbocycles. The van der Waals surface area contributed by atoms with Crippen molar-refractivity contribution in [2.75, 3.05) is 17.2 Å². The van der Waals surface area contributed by atoms with Crippen LogP contribution < -0.4 is 10.6 Å². The van der Waals surface area contributed by atoms with Gasteiger partial charge in [-0.25, -0.2) is 0 Å². The number of carbonyl (C=O) groups is 3. The van der Waals surface area contributed by atoms with E-state index in [1.165, 1.54) is 0 Å². The van der Waals surface area contributed by atoms with E-state index in [0.717, 1.165) is 23.2 Å². The fourth-order valence-corrected chi connectivity index (χ4v) is 8.91. The molecule has 7 nitrogen and oxygen atoms in total. The lowest BCUT2D eigenvalue weighted by molar-refractivity contribution is -0.141. The average molecular weight is 508 g/mol. The Labute approximate surface area is 216 Å². The number of aliphatic hydroxyl groups is 1. The number of nitrogens with zero attached hydrogens (tertiary/aromatic N) is 1. The number of amides is 3. The summed E-state index contributed by atoms with van der Waals surface area (Å²) in [6, 6.07) is 13.8. The molecular formula is C28H33N3O4S. The first-order chi connectivity index (χ1) is 17.1. The molecular weight excluding hydrogens is 474 g/mol. The van der Waals surface area contributed by atoms with Crippen LogP contribution in [0.1, 0.15) is 37.8 Å². The summed E-state index contributed by atoms with van der Waals surface area (Å²) < 4.78 is -1.18. The van der Waals surface area contributed by atoms with Crippen molar-refractivity contribution in [2.24, 2.45) is 11.8 Å². The Morgan fingerprint density at radius 3 is 2.36 bits per heavy atom. The van der Waals surface area contributed by atoms with Gasteiger partial charge < -0.3 is 20.6 Å². The molecule has 3 saturated heterocycles. The molecule has 1 spiro atoms. The van der Waals surface area contributed by atoms with Gasteiger partial charge in [-0.1, -0.05) is 36.4 Å². The molecule has 2 unspecified atom stereocenters. The van der Waals surface area contributed by atoms with Crippen LogP contribution in [0.2, 0.25) is 0 Å². The number of likely N-dealkylation sites (tertiary alicyclic amines) is 1. The van der Waals surface area contributed by atoms with Crippen LogP contribution in [0.15, 0.2) is 48.5 Å². The molecule has 3 amide bonds. The molecule has 3 N–H and O–H groups in total. The molecule has 190 valence electrons. The average Bonchev–Trinajstić information content (AvgIpc) is 3.42. The largest absolute Gasteiger partial charge is 0.394 e. The number of para-hydroxylation sites is 2. The van der Waals surface area contributed by atoms with Gasteiger partial charge in [0.05, 0.1) is 29.2 Å². The molecule has 3 heterocycles. The zero-order valence-electron chi connectivity index (χ0n) is 21.1. The van der Waals surface area contributed by atoms with Gasteiger partial charge in [0.1, 0.15) is 6.04 Å². The number of anilines is 2. The summed E-state index contributed by atoms with van der Waals surface area (Å²) in [4.78, 5) is 43.2. The minimum Gasteiger partial charge on any atom is -0.394 e. The van der Waals surface area contributed by atoms with Gasteiger partial charge in [0.2, 0.25) is 17.7 Å². The van der Waals surface area contributed by atoms with Crippen molar-refractivity contribution >= 4 is 40.9 Å². The maximum Gasteiger partial charge on any atom is 0.248 e. The monoisotopic (exact) mass is 507 g/mol. The summed E-state index contributed by atoms with van der Waals surface area (Å²) in [5.41, 5.74) is 3.31. The smallest absolute Gasteiger partial charge is 0.248 e. The van der Waals surface area contributed by atoms with Crippen molar-refractivity contribution in [1.82, 2.24) is 4.90 Å². The highest BCUT2D eigenvalue weighted by atomic mass is 32.2. The minimum atomic E-state index is -0.780. The normalized spacial score (nSPS) is 31.3. The Balaban J connectivity index is 1.54. The fraction of sp³-hybridized carbons (Fsp3) is 0.464. The Kier molecular flexibility index (Phi) is 6.16. The third-order valence-corrected chi connectivity index (χ3v) is 10.2. The van der Waals surface area contributed by atoms with E-state index < -0.39 is 33.4 Å². The molecule has 0 aromatic heterocycles. The predicted molar refractivity (Wildman–Crippen MR) is 142 cm³/mol. The van der Waals surface area contributed by atoms with Crippen molar-refractivity contribution < 1.29 is 19.5 Å². The van der Waals surface area contributed by atoms with Gasteiger partial charge in [0, 0.05) is 16.1 Å². The van der Waals surface area contributed by atoms with Gasteiger partial charge >= 0.3 is 0 Å². The van der Waals surface area contributed by atoms with Gasteiger partial charge in [0.15, 0.2) is 0 Å². The van der Waals surface area contributed by atoms with Crippen LogP contribution in [-0.4, -0.2) is 55.9 Å². The zero-order chi connectivity index (χ0) is 25.8. The molecule has 5 rings (SSSR count). The number of fused-ring (bicyclic) bond motifs is 1. The van der Waals surface area contributed by atoms with E-state index in [9.17, 15) is 19.5 Å². The van der Waals surface area contributed by atoms with E-state index in [1.54, 1.807) is 23.6 Å². The van der Waals surface area contributed by atoms with Crippen LogP contribution in [0.5, 0.6) is 0 Å². The molecule has 3 fully saturated rings. The summed E-state index contributed by atoms with van der Waals surface area (Å²) in [5, 5.41) is 16.1. The number of aryl methyl sites for hydroxylation is 2. The maximum absolute atomic E-state index is 14.0. The number of hydrogen-bond donors (Lipinski definition) is 3. The molecule has 3 aliphatic rings. The number of nitrogens with one attached hydrogen (secondary N) is 2.